The summed E-state index contributed by atoms with van der Waals surface area (Å²) in [6.07, 6.45) is 13.0. The average Bonchev–Trinajstić information content (AvgIpc) is 3.03. The third-order valence-electron chi connectivity index (χ3n) is 7.15. The Morgan fingerprint density at radius 3 is 2.52 bits per heavy atom. The first-order valence-electron chi connectivity index (χ1n) is 11.5. The number of halogens is 1. The first-order valence-corrected chi connectivity index (χ1v) is 11.9. The molecular formula is C24H34ClN3O. The molecule has 2 fully saturated rings. The molecule has 4 rings (SSSR count). The molecule has 3 atom stereocenters. The lowest BCUT2D eigenvalue weighted by Gasteiger charge is -2.38. The maximum atomic E-state index is 12.9. The number of para-hydroxylation sites is 2. The van der Waals surface area contributed by atoms with Gasteiger partial charge in [0.15, 0.2) is 5.15 Å². The molecular weight excluding hydrogens is 382 g/mol. The fourth-order valence-corrected chi connectivity index (χ4v) is 5.97. The lowest BCUT2D eigenvalue weighted by Crippen LogP contribution is -2.44. The Balaban J connectivity index is 1.59. The van der Waals surface area contributed by atoms with Crippen molar-refractivity contribution >= 4 is 22.6 Å². The molecule has 0 N–H and O–H groups in total. The van der Waals surface area contributed by atoms with Gasteiger partial charge in [0, 0.05) is 24.2 Å². The van der Waals surface area contributed by atoms with E-state index in [2.05, 4.69) is 23.7 Å². The highest BCUT2D eigenvalue weighted by Gasteiger charge is 2.36. The third kappa shape index (κ3) is 4.39. The summed E-state index contributed by atoms with van der Waals surface area (Å²) in [6, 6.07) is 9.83. The molecule has 1 aromatic carbocycles. The molecule has 1 aromatic heterocycles. The van der Waals surface area contributed by atoms with Gasteiger partial charge in [0.05, 0.1) is 11.0 Å². The van der Waals surface area contributed by atoms with Crippen molar-refractivity contribution < 1.29 is 0 Å². The summed E-state index contributed by atoms with van der Waals surface area (Å²) in [5.41, 5.74) is 1.51. The Labute approximate surface area is 179 Å². The molecule has 0 amide bonds. The third-order valence-corrected chi connectivity index (χ3v) is 7.40. The van der Waals surface area contributed by atoms with Crippen LogP contribution in [0.5, 0.6) is 0 Å². The van der Waals surface area contributed by atoms with Crippen LogP contribution in [-0.4, -0.2) is 32.6 Å². The van der Waals surface area contributed by atoms with Crippen molar-refractivity contribution in [1.82, 2.24) is 14.5 Å². The molecule has 2 aromatic rings. The van der Waals surface area contributed by atoms with Gasteiger partial charge in [0.1, 0.15) is 0 Å². The largest absolute Gasteiger partial charge is 0.301 e. The van der Waals surface area contributed by atoms with Crippen molar-refractivity contribution in [2.75, 3.05) is 0 Å². The van der Waals surface area contributed by atoms with Gasteiger partial charge in [-0.25, -0.2) is 4.98 Å². The van der Waals surface area contributed by atoms with Crippen molar-refractivity contribution in [1.29, 1.82) is 0 Å². The summed E-state index contributed by atoms with van der Waals surface area (Å²) >= 11 is 6.21. The molecule has 1 aliphatic carbocycles. The van der Waals surface area contributed by atoms with Gasteiger partial charge in [-0.05, 0) is 58.1 Å². The number of fused-ring (bicyclic) bond motifs is 1. The molecule has 0 spiro atoms. The van der Waals surface area contributed by atoms with Gasteiger partial charge in [0.2, 0.25) is 0 Å². The second-order valence-electron chi connectivity index (χ2n) is 9.18. The highest BCUT2D eigenvalue weighted by Crippen LogP contribution is 2.35. The van der Waals surface area contributed by atoms with Crippen LogP contribution < -0.4 is 5.56 Å². The van der Waals surface area contributed by atoms with E-state index in [1.807, 2.05) is 28.8 Å². The smallest absolute Gasteiger partial charge is 0.288 e. The Bertz CT molecular complexity index is 887. The second-order valence-corrected chi connectivity index (χ2v) is 9.54. The summed E-state index contributed by atoms with van der Waals surface area (Å²) in [4.78, 5) is 20.0. The normalized spacial score (nSPS) is 25.8. The number of hydrogen-bond acceptors (Lipinski definition) is 3. The van der Waals surface area contributed by atoms with Crippen LogP contribution in [0.1, 0.15) is 84.1 Å². The molecule has 4 nitrogen and oxygen atoms in total. The summed E-state index contributed by atoms with van der Waals surface area (Å²) in [7, 11) is 0. The SMILES string of the molecule is CC1CC[C@@H](C[C@@H](C)n2c(=O)c(Cl)nc3ccccc32)N1C1CCCCCCC1. The minimum Gasteiger partial charge on any atom is -0.301 e. The fraction of sp³-hybridized carbons (Fsp3) is 0.667. The van der Waals surface area contributed by atoms with Gasteiger partial charge in [-0.15, -0.1) is 0 Å². The Morgan fingerprint density at radius 2 is 1.76 bits per heavy atom. The zero-order valence-corrected chi connectivity index (χ0v) is 18.6. The fourth-order valence-electron chi connectivity index (χ4n) is 5.78. The van der Waals surface area contributed by atoms with E-state index in [1.165, 1.54) is 57.8 Å². The van der Waals surface area contributed by atoms with Crippen LogP contribution in [-0.2, 0) is 0 Å². The zero-order chi connectivity index (χ0) is 20.4. The van der Waals surface area contributed by atoms with E-state index >= 15 is 0 Å². The van der Waals surface area contributed by atoms with E-state index in [4.69, 9.17) is 11.6 Å². The molecule has 0 bridgehead atoms. The van der Waals surface area contributed by atoms with E-state index in [1.54, 1.807) is 0 Å². The quantitative estimate of drug-likeness (QED) is 0.617. The van der Waals surface area contributed by atoms with Gasteiger partial charge >= 0.3 is 0 Å². The number of benzene rings is 1. The summed E-state index contributed by atoms with van der Waals surface area (Å²) < 4.78 is 1.88. The summed E-state index contributed by atoms with van der Waals surface area (Å²) in [6.45, 7) is 4.57. The highest BCUT2D eigenvalue weighted by atomic mass is 35.5. The van der Waals surface area contributed by atoms with Crippen molar-refractivity contribution in [3.8, 4) is 0 Å². The number of nitrogens with zero attached hydrogens (tertiary/aromatic N) is 3. The maximum Gasteiger partial charge on any atom is 0.288 e. The van der Waals surface area contributed by atoms with Crippen LogP contribution in [0.3, 0.4) is 0 Å². The Morgan fingerprint density at radius 1 is 1.07 bits per heavy atom. The molecule has 0 radical (unpaired) electrons. The maximum absolute atomic E-state index is 12.9. The van der Waals surface area contributed by atoms with Crippen molar-refractivity contribution in [2.24, 2.45) is 0 Å². The molecule has 1 aliphatic heterocycles. The predicted octanol–water partition coefficient (Wildman–Crippen LogP) is 5.97. The van der Waals surface area contributed by atoms with E-state index in [0.29, 0.717) is 18.1 Å². The van der Waals surface area contributed by atoms with Gasteiger partial charge in [-0.1, -0.05) is 55.8 Å². The van der Waals surface area contributed by atoms with Crippen LogP contribution >= 0.6 is 11.6 Å². The molecule has 1 saturated heterocycles. The molecule has 29 heavy (non-hydrogen) atoms. The van der Waals surface area contributed by atoms with Gasteiger partial charge in [-0.2, -0.15) is 0 Å². The van der Waals surface area contributed by atoms with Gasteiger partial charge in [0.25, 0.3) is 5.56 Å². The number of aromatic nitrogens is 2. The highest BCUT2D eigenvalue weighted by molar-refractivity contribution is 6.29. The van der Waals surface area contributed by atoms with Crippen molar-refractivity contribution in [3.63, 3.8) is 0 Å². The first kappa shape index (κ1) is 20.9. The minimum absolute atomic E-state index is 0.0761. The van der Waals surface area contributed by atoms with Crippen LogP contribution in [0.4, 0.5) is 0 Å². The molecule has 2 aliphatic rings. The molecule has 158 valence electrons. The van der Waals surface area contributed by atoms with E-state index < -0.39 is 0 Å². The predicted molar refractivity (Wildman–Crippen MR) is 121 cm³/mol. The zero-order valence-electron chi connectivity index (χ0n) is 17.8. The van der Waals surface area contributed by atoms with Gasteiger partial charge < -0.3 is 4.57 Å². The standard InChI is InChI=1S/C24H34ClN3O/c1-17-14-15-20(27(17)19-10-6-4-3-5-7-11-19)16-18(2)28-22-13-9-8-12-21(22)26-23(25)24(28)29/h8-9,12-13,17-20H,3-7,10-11,14-16H2,1-2H3/t17?,18-,20+/m1/s1. The van der Waals surface area contributed by atoms with Crippen LogP contribution in [0.15, 0.2) is 29.1 Å². The molecule has 1 unspecified atom stereocenters. The van der Waals surface area contributed by atoms with Crippen molar-refractivity contribution in [3.05, 3.63) is 39.8 Å². The van der Waals surface area contributed by atoms with E-state index in [0.717, 1.165) is 17.5 Å². The average molecular weight is 416 g/mol. The molecule has 1 saturated carbocycles. The lowest BCUT2D eigenvalue weighted by atomic mass is 9.94. The summed E-state index contributed by atoms with van der Waals surface area (Å²) in [5.74, 6) is 0. The number of likely N-dealkylation sites (tertiary alicyclic amines) is 1. The van der Waals surface area contributed by atoms with Crippen molar-refractivity contribution in [2.45, 2.75) is 102 Å². The number of rotatable bonds is 4. The Kier molecular flexibility index (Phi) is 6.60. The molecule has 2 heterocycles. The topological polar surface area (TPSA) is 38.1 Å². The minimum atomic E-state index is -0.165. The van der Waals surface area contributed by atoms with Gasteiger partial charge in [-0.3, -0.25) is 9.69 Å². The Hall–Kier alpha value is -1.39. The lowest BCUT2D eigenvalue weighted by molar-refractivity contribution is 0.101. The molecule has 5 heteroatoms. The van der Waals surface area contributed by atoms with E-state index in [-0.39, 0.29) is 16.8 Å². The first-order chi connectivity index (χ1) is 14.1. The van der Waals surface area contributed by atoms with Crippen LogP contribution in [0, 0.1) is 0 Å². The van der Waals surface area contributed by atoms with Crippen LogP contribution in [0.2, 0.25) is 5.15 Å². The number of hydrogen-bond donors (Lipinski definition) is 0. The monoisotopic (exact) mass is 415 g/mol. The van der Waals surface area contributed by atoms with E-state index in [9.17, 15) is 4.79 Å². The summed E-state index contributed by atoms with van der Waals surface area (Å²) in [5, 5.41) is 0.0761. The van der Waals surface area contributed by atoms with Crippen LogP contribution in [0.25, 0.3) is 11.0 Å². The second kappa shape index (κ2) is 9.18.